The van der Waals surface area contributed by atoms with Crippen molar-refractivity contribution in [2.45, 2.75) is 52.6 Å². The van der Waals surface area contributed by atoms with Crippen LogP contribution in [0.25, 0.3) is 11.4 Å². The predicted molar refractivity (Wildman–Crippen MR) is 113 cm³/mol. The van der Waals surface area contributed by atoms with E-state index in [0.29, 0.717) is 5.82 Å². The van der Waals surface area contributed by atoms with E-state index in [-0.39, 0.29) is 6.04 Å². The molecule has 7 heteroatoms. The fourth-order valence-electron chi connectivity index (χ4n) is 4.20. The summed E-state index contributed by atoms with van der Waals surface area (Å²) in [7, 11) is 1.92. The van der Waals surface area contributed by atoms with Gasteiger partial charge in [-0.2, -0.15) is 0 Å². The number of aryl methyl sites for hydroxylation is 3. The molecule has 1 atom stereocenters. The minimum Gasteiger partial charge on any atom is -0.373 e. The molecular weight excluding hydrogens is 364 g/mol. The monoisotopic (exact) mass is 392 g/mol. The highest BCUT2D eigenvalue weighted by Gasteiger charge is 2.27. The molecule has 0 aliphatic carbocycles. The van der Waals surface area contributed by atoms with Gasteiger partial charge in [-0.15, -0.1) is 0 Å². The van der Waals surface area contributed by atoms with Gasteiger partial charge in [-0.1, -0.05) is 17.6 Å². The Balaban J connectivity index is 1.68. The standard InChI is InChI=1S/C22H28N6O/c1-14-12-18(26-22(25-14)20-15(2)27-29-16(20)3)19-9-5-6-11-28(19)13-17-8-7-10-24-21(17)23-4/h7-8,10,12,19H,5-6,9,11,13H2,1-4H3,(H,23,24). The highest BCUT2D eigenvalue weighted by atomic mass is 16.5. The number of pyridine rings is 1. The van der Waals surface area contributed by atoms with Crippen molar-refractivity contribution in [1.82, 2.24) is 25.0 Å². The predicted octanol–water partition coefficient (Wildman–Crippen LogP) is 4.22. The zero-order valence-corrected chi connectivity index (χ0v) is 17.6. The normalized spacial score (nSPS) is 17.4. The number of rotatable bonds is 5. The van der Waals surface area contributed by atoms with Gasteiger partial charge in [-0.3, -0.25) is 4.90 Å². The van der Waals surface area contributed by atoms with Crippen LogP contribution in [0, 0.1) is 20.8 Å². The molecular formula is C22H28N6O. The van der Waals surface area contributed by atoms with Crippen LogP contribution in [0.5, 0.6) is 0 Å². The second-order valence-electron chi connectivity index (χ2n) is 7.70. The third-order valence-electron chi connectivity index (χ3n) is 5.59. The van der Waals surface area contributed by atoms with Crippen LogP contribution in [0.4, 0.5) is 5.82 Å². The molecule has 1 unspecified atom stereocenters. The van der Waals surface area contributed by atoms with Crippen LogP contribution in [-0.4, -0.2) is 38.6 Å². The van der Waals surface area contributed by atoms with E-state index in [4.69, 9.17) is 9.51 Å². The molecule has 3 aromatic rings. The first kappa shape index (κ1) is 19.5. The van der Waals surface area contributed by atoms with Crippen molar-refractivity contribution in [3.63, 3.8) is 0 Å². The number of likely N-dealkylation sites (tertiary alicyclic amines) is 1. The molecule has 0 radical (unpaired) electrons. The van der Waals surface area contributed by atoms with Crippen molar-refractivity contribution in [2.24, 2.45) is 0 Å². The van der Waals surface area contributed by atoms with E-state index in [1.165, 1.54) is 18.4 Å². The Morgan fingerprint density at radius 3 is 2.83 bits per heavy atom. The zero-order chi connectivity index (χ0) is 20.4. The molecule has 1 aliphatic heterocycles. The second kappa shape index (κ2) is 8.29. The van der Waals surface area contributed by atoms with Gasteiger partial charge >= 0.3 is 0 Å². The third-order valence-corrected chi connectivity index (χ3v) is 5.59. The summed E-state index contributed by atoms with van der Waals surface area (Å²) in [4.78, 5) is 16.6. The van der Waals surface area contributed by atoms with Crippen LogP contribution in [-0.2, 0) is 6.54 Å². The third kappa shape index (κ3) is 4.00. The SMILES string of the molecule is CNc1ncccc1CN1CCCCC1c1cc(C)nc(-c2c(C)noc2C)n1. The first-order valence-corrected chi connectivity index (χ1v) is 10.2. The molecule has 1 aliphatic rings. The van der Waals surface area contributed by atoms with E-state index in [9.17, 15) is 0 Å². The number of nitrogens with zero attached hydrogens (tertiary/aromatic N) is 5. The average molecular weight is 393 g/mol. The Kier molecular flexibility index (Phi) is 5.58. The Bertz CT molecular complexity index is 979. The van der Waals surface area contributed by atoms with Gasteiger partial charge in [-0.05, 0) is 52.3 Å². The summed E-state index contributed by atoms with van der Waals surface area (Å²) in [5.41, 5.74) is 4.98. The van der Waals surface area contributed by atoms with Gasteiger partial charge in [0.15, 0.2) is 5.82 Å². The van der Waals surface area contributed by atoms with Crippen LogP contribution >= 0.6 is 0 Å². The van der Waals surface area contributed by atoms with Gasteiger partial charge in [0.25, 0.3) is 0 Å². The molecule has 152 valence electrons. The maximum atomic E-state index is 5.35. The molecule has 0 bridgehead atoms. The molecule has 1 fully saturated rings. The largest absolute Gasteiger partial charge is 0.373 e. The molecule has 0 aromatic carbocycles. The number of anilines is 1. The maximum absolute atomic E-state index is 5.35. The summed E-state index contributed by atoms with van der Waals surface area (Å²) >= 11 is 0. The lowest BCUT2D eigenvalue weighted by atomic mass is 9.97. The van der Waals surface area contributed by atoms with Crippen molar-refractivity contribution >= 4 is 5.82 Å². The molecule has 3 aromatic heterocycles. The highest BCUT2D eigenvalue weighted by molar-refractivity contribution is 5.60. The van der Waals surface area contributed by atoms with Crippen molar-refractivity contribution < 1.29 is 4.52 Å². The molecule has 4 rings (SSSR count). The first-order valence-electron chi connectivity index (χ1n) is 10.2. The summed E-state index contributed by atoms with van der Waals surface area (Å²) in [5, 5.41) is 7.28. The van der Waals surface area contributed by atoms with E-state index in [2.05, 4.69) is 37.5 Å². The molecule has 4 heterocycles. The topological polar surface area (TPSA) is 80.0 Å². The van der Waals surface area contributed by atoms with Crippen LogP contribution < -0.4 is 5.32 Å². The summed E-state index contributed by atoms with van der Waals surface area (Å²) in [6, 6.07) is 6.52. The lowest BCUT2D eigenvalue weighted by Crippen LogP contribution is -2.34. The van der Waals surface area contributed by atoms with Crippen molar-refractivity contribution in [3.8, 4) is 11.4 Å². The molecule has 1 N–H and O–H groups in total. The molecule has 7 nitrogen and oxygen atoms in total. The van der Waals surface area contributed by atoms with Crippen molar-refractivity contribution in [1.29, 1.82) is 0 Å². The fourth-order valence-corrected chi connectivity index (χ4v) is 4.20. The summed E-state index contributed by atoms with van der Waals surface area (Å²) < 4.78 is 5.35. The summed E-state index contributed by atoms with van der Waals surface area (Å²) in [5.74, 6) is 2.40. The Hall–Kier alpha value is -2.80. The lowest BCUT2D eigenvalue weighted by molar-refractivity contribution is 0.137. The number of hydrogen-bond donors (Lipinski definition) is 1. The Morgan fingerprint density at radius 2 is 2.07 bits per heavy atom. The van der Waals surface area contributed by atoms with Crippen LogP contribution in [0.15, 0.2) is 28.9 Å². The molecule has 0 saturated carbocycles. The summed E-state index contributed by atoms with van der Waals surface area (Å²) in [6.45, 7) is 7.77. The quantitative estimate of drug-likeness (QED) is 0.696. The second-order valence-corrected chi connectivity index (χ2v) is 7.70. The van der Waals surface area contributed by atoms with Gasteiger partial charge in [0.05, 0.1) is 23.0 Å². The van der Waals surface area contributed by atoms with Gasteiger partial charge in [-0.25, -0.2) is 15.0 Å². The van der Waals surface area contributed by atoms with E-state index in [0.717, 1.165) is 53.7 Å². The molecule has 29 heavy (non-hydrogen) atoms. The van der Waals surface area contributed by atoms with Crippen molar-refractivity contribution in [3.05, 3.63) is 52.8 Å². The Labute approximate surface area is 171 Å². The minimum atomic E-state index is 0.259. The zero-order valence-electron chi connectivity index (χ0n) is 17.6. The van der Waals surface area contributed by atoms with Gasteiger partial charge < -0.3 is 9.84 Å². The summed E-state index contributed by atoms with van der Waals surface area (Å²) in [6.07, 6.45) is 5.32. The number of piperidine rings is 1. The fraction of sp³-hybridized carbons (Fsp3) is 0.455. The smallest absolute Gasteiger partial charge is 0.165 e. The van der Waals surface area contributed by atoms with E-state index >= 15 is 0 Å². The molecule has 1 saturated heterocycles. The van der Waals surface area contributed by atoms with Gasteiger partial charge in [0.2, 0.25) is 0 Å². The van der Waals surface area contributed by atoms with Crippen LogP contribution in [0.3, 0.4) is 0 Å². The number of nitrogens with one attached hydrogen (secondary N) is 1. The van der Waals surface area contributed by atoms with Crippen LogP contribution in [0.1, 0.15) is 53.7 Å². The maximum Gasteiger partial charge on any atom is 0.165 e. The van der Waals surface area contributed by atoms with Crippen molar-refractivity contribution in [2.75, 3.05) is 18.9 Å². The number of hydrogen-bond acceptors (Lipinski definition) is 7. The highest BCUT2D eigenvalue weighted by Crippen LogP contribution is 2.34. The van der Waals surface area contributed by atoms with E-state index in [1.54, 1.807) is 0 Å². The van der Waals surface area contributed by atoms with Crippen LogP contribution in [0.2, 0.25) is 0 Å². The molecule has 0 spiro atoms. The van der Waals surface area contributed by atoms with Gasteiger partial charge in [0, 0.05) is 31.0 Å². The Morgan fingerprint density at radius 1 is 1.21 bits per heavy atom. The minimum absolute atomic E-state index is 0.259. The lowest BCUT2D eigenvalue weighted by Gasteiger charge is -2.35. The number of aromatic nitrogens is 4. The van der Waals surface area contributed by atoms with Gasteiger partial charge in [0.1, 0.15) is 11.6 Å². The average Bonchev–Trinajstić information content (AvgIpc) is 3.06. The van der Waals surface area contributed by atoms with E-state index < -0.39 is 0 Å². The first-order chi connectivity index (χ1) is 14.1. The molecule has 0 amide bonds. The van der Waals surface area contributed by atoms with E-state index in [1.807, 2.05) is 40.1 Å².